The molecule has 2 fully saturated rings. The zero-order chi connectivity index (χ0) is 34.8. The number of amides is 2. The third-order valence-electron chi connectivity index (χ3n) is 8.59. The molecule has 3 heterocycles. The summed E-state index contributed by atoms with van der Waals surface area (Å²) in [5.41, 5.74) is 1.96. The number of rotatable bonds is 9. The molecule has 0 atom stereocenters. The number of likely N-dealkylation sites (tertiary alicyclic amines) is 2. The van der Waals surface area contributed by atoms with Gasteiger partial charge in [0.1, 0.15) is 5.82 Å². The van der Waals surface area contributed by atoms with Gasteiger partial charge in [-0.1, -0.05) is 41.4 Å². The molecule has 3 aromatic rings. The Bertz CT molecular complexity index is 1510. The number of hydrogen-bond donors (Lipinski definition) is 1. The average molecular weight is 731 g/mol. The van der Waals surface area contributed by atoms with Gasteiger partial charge < -0.3 is 19.8 Å². The van der Waals surface area contributed by atoms with Crippen molar-refractivity contribution >= 4 is 58.0 Å². The lowest BCUT2D eigenvalue weighted by atomic mass is 9.90. The van der Waals surface area contributed by atoms with Crippen molar-refractivity contribution < 1.29 is 37.1 Å². The predicted octanol–water partition coefficient (Wildman–Crippen LogP) is 8.06. The van der Waals surface area contributed by atoms with E-state index in [1.165, 1.54) is 16.9 Å². The quantitative estimate of drug-likeness (QED) is 0.226. The van der Waals surface area contributed by atoms with Gasteiger partial charge in [-0.3, -0.25) is 9.59 Å². The van der Waals surface area contributed by atoms with E-state index in [4.69, 9.17) is 33.1 Å². The van der Waals surface area contributed by atoms with Gasteiger partial charge in [0, 0.05) is 31.2 Å². The van der Waals surface area contributed by atoms with E-state index in [-0.39, 0.29) is 23.5 Å². The van der Waals surface area contributed by atoms with Gasteiger partial charge in [-0.2, -0.15) is 13.2 Å². The van der Waals surface area contributed by atoms with Crippen LogP contribution in [-0.4, -0.2) is 78.1 Å². The first-order chi connectivity index (χ1) is 22.8. The number of halogens is 6. The average Bonchev–Trinajstić information content (AvgIpc) is 3.61. The molecule has 0 unspecified atom stereocenters. The monoisotopic (exact) mass is 729 g/mol. The highest BCUT2D eigenvalue weighted by Gasteiger charge is 2.38. The molecule has 0 spiro atoms. The van der Waals surface area contributed by atoms with Crippen LogP contribution in [0, 0.1) is 17.7 Å². The molecule has 2 amide bonds. The maximum atomic E-state index is 13.8. The minimum absolute atomic E-state index is 0.0497. The van der Waals surface area contributed by atoms with Crippen molar-refractivity contribution in [3.8, 4) is 0 Å². The minimum atomic E-state index is -5.08. The Labute approximate surface area is 291 Å². The van der Waals surface area contributed by atoms with E-state index in [1.807, 2.05) is 45.5 Å². The number of alkyl halides is 3. The summed E-state index contributed by atoms with van der Waals surface area (Å²) < 4.78 is 45.0. The molecule has 2 aliphatic heterocycles. The van der Waals surface area contributed by atoms with E-state index in [9.17, 15) is 27.2 Å². The number of carboxylic acids is 1. The molecule has 2 aliphatic rings. The number of nitrogens with zero attached hydrogens (tertiary/aromatic N) is 3. The smallest absolute Gasteiger partial charge is 0.475 e. The molecule has 48 heavy (non-hydrogen) atoms. The maximum absolute atomic E-state index is 13.8. The molecular formula is C34H37Cl2F4N3O4S. The molecule has 260 valence electrons. The first-order valence-electron chi connectivity index (χ1n) is 15.7. The van der Waals surface area contributed by atoms with Crippen LogP contribution in [0.1, 0.15) is 47.3 Å². The molecule has 0 saturated carbocycles. The van der Waals surface area contributed by atoms with Crippen molar-refractivity contribution in [3.05, 3.63) is 86.3 Å². The van der Waals surface area contributed by atoms with Gasteiger partial charge in [-0.05, 0) is 111 Å². The van der Waals surface area contributed by atoms with Crippen LogP contribution in [-0.2, 0) is 16.0 Å². The SMILES string of the molecule is O=C(O)C(F)(F)F.O=C(c1cccs1)N1CCC(C(=O)N(CCCN2CCC(Cc3ccc(F)cc3)CC2)c2ccc(Cl)c(Cl)c2)CC1. The fourth-order valence-electron chi connectivity index (χ4n) is 5.95. The van der Waals surface area contributed by atoms with E-state index < -0.39 is 12.1 Å². The minimum Gasteiger partial charge on any atom is -0.475 e. The Balaban J connectivity index is 0.000000671. The zero-order valence-electron chi connectivity index (χ0n) is 26.1. The molecular weight excluding hydrogens is 693 g/mol. The van der Waals surface area contributed by atoms with Crippen molar-refractivity contribution in [3.63, 3.8) is 0 Å². The van der Waals surface area contributed by atoms with E-state index in [1.54, 1.807) is 24.3 Å². The first-order valence-corrected chi connectivity index (χ1v) is 17.3. The van der Waals surface area contributed by atoms with Crippen LogP contribution < -0.4 is 4.90 Å². The summed E-state index contributed by atoms with van der Waals surface area (Å²) in [6.45, 7) is 4.74. The Morgan fingerprint density at radius 1 is 0.917 bits per heavy atom. The number of carbonyl (C=O) groups is 3. The second-order valence-corrected chi connectivity index (χ2v) is 13.7. The Kier molecular flexibility index (Phi) is 13.7. The van der Waals surface area contributed by atoms with Gasteiger partial charge in [0.05, 0.1) is 14.9 Å². The summed E-state index contributed by atoms with van der Waals surface area (Å²) in [7, 11) is 0. The van der Waals surface area contributed by atoms with Crippen LogP contribution in [0.25, 0.3) is 0 Å². The zero-order valence-corrected chi connectivity index (χ0v) is 28.4. The van der Waals surface area contributed by atoms with Crippen molar-refractivity contribution in [1.82, 2.24) is 9.80 Å². The number of hydrogen-bond acceptors (Lipinski definition) is 5. The molecule has 7 nitrogen and oxygen atoms in total. The van der Waals surface area contributed by atoms with Gasteiger partial charge in [-0.25, -0.2) is 9.18 Å². The van der Waals surface area contributed by atoms with Gasteiger partial charge in [0.25, 0.3) is 5.91 Å². The fraction of sp³-hybridized carbons (Fsp3) is 0.441. The van der Waals surface area contributed by atoms with Crippen molar-refractivity contribution in [2.24, 2.45) is 11.8 Å². The molecule has 0 aliphatic carbocycles. The molecule has 5 rings (SSSR count). The van der Waals surface area contributed by atoms with Crippen molar-refractivity contribution in [2.45, 2.75) is 44.7 Å². The molecule has 2 aromatic carbocycles. The van der Waals surface area contributed by atoms with E-state index in [0.29, 0.717) is 48.4 Å². The summed E-state index contributed by atoms with van der Waals surface area (Å²) in [6, 6.07) is 16.0. The van der Waals surface area contributed by atoms with Gasteiger partial charge in [-0.15, -0.1) is 11.3 Å². The summed E-state index contributed by atoms with van der Waals surface area (Å²) in [6.07, 6.45) is 0.297. The highest BCUT2D eigenvalue weighted by molar-refractivity contribution is 7.12. The molecule has 14 heteroatoms. The summed E-state index contributed by atoms with van der Waals surface area (Å²) in [5.74, 6) is -2.33. The molecule has 1 aromatic heterocycles. The summed E-state index contributed by atoms with van der Waals surface area (Å²) in [4.78, 5) is 42.4. The van der Waals surface area contributed by atoms with Crippen molar-refractivity contribution in [2.75, 3.05) is 44.2 Å². The van der Waals surface area contributed by atoms with Crippen LogP contribution in [0.15, 0.2) is 60.0 Å². The van der Waals surface area contributed by atoms with Crippen LogP contribution >= 0.6 is 34.5 Å². The number of carbonyl (C=O) groups excluding carboxylic acids is 2. The van der Waals surface area contributed by atoms with Crippen LogP contribution in [0.3, 0.4) is 0 Å². The second-order valence-electron chi connectivity index (χ2n) is 11.9. The van der Waals surface area contributed by atoms with Crippen LogP contribution in [0.4, 0.5) is 23.2 Å². The van der Waals surface area contributed by atoms with E-state index in [0.717, 1.165) is 55.9 Å². The third-order valence-corrected chi connectivity index (χ3v) is 10.2. The van der Waals surface area contributed by atoms with E-state index in [2.05, 4.69) is 4.90 Å². The lowest BCUT2D eigenvalue weighted by Crippen LogP contribution is -2.45. The molecule has 2 saturated heterocycles. The first kappa shape index (κ1) is 37.6. The predicted molar refractivity (Wildman–Crippen MR) is 179 cm³/mol. The topological polar surface area (TPSA) is 81.2 Å². The summed E-state index contributed by atoms with van der Waals surface area (Å²) >= 11 is 14.0. The standard InChI is InChI=1S/C32H36Cl2FN3O2S.C2HF3O2/c33-28-9-8-27(22-29(28)34)38(31(39)25-12-18-37(19-13-25)32(40)30-3-1-20-41-30)15-2-14-36-16-10-24(11-17-36)21-23-4-6-26(35)7-5-23;3-2(4,5)1(6)7/h1,3-9,20,22,24-25H,2,10-19,21H2;(H,6,7). The highest BCUT2D eigenvalue weighted by atomic mass is 35.5. The number of anilines is 1. The highest BCUT2D eigenvalue weighted by Crippen LogP contribution is 2.31. The summed E-state index contributed by atoms with van der Waals surface area (Å²) in [5, 5.41) is 9.93. The van der Waals surface area contributed by atoms with Crippen LogP contribution in [0.5, 0.6) is 0 Å². The number of benzene rings is 2. The molecule has 0 bridgehead atoms. The Morgan fingerprint density at radius 3 is 2.12 bits per heavy atom. The van der Waals surface area contributed by atoms with E-state index >= 15 is 0 Å². The molecule has 0 radical (unpaired) electrons. The van der Waals surface area contributed by atoms with Gasteiger partial charge >= 0.3 is 12.1 Å². The number of aliphatic carboxylic acids is 1. The third kappa shape index (κ3) is 10.9. The van der Waals surface area contributed by atoms with Gasteiger partial charge in [0.15, 0.2) is 0 Å². The maximum Gasteiger partial charge on any atom is 0.490 e. The van der Waals surface area contributed by atoms with Gasteiger partial charge in [0.2, 0.25) is 5.91 Å². The van der Waals surface area contributed by atoms with Crippen LogP contribution in [0.2, 0.25) is 10.0 Å². The number of carboxylic acid groups (broad SMARTS) is 1. The largest absolute Gasteiger partial charge is 0.490 e. The Morgan fingerprint density at radius 2 is 1.56 bits per heavy atom. The number of thiophene rings is 1. The molecule has 1 N–H and O–H groups in total. The normalized spacial score (nSPS) is 16.2. The second kappa shape index (κ2) is 17.5. The van der Waals surface area contributed by atoms with Crippen molar-refractivity contribution in [1.29, 1.82) is 0 Å². The lowest BCUT2D eigenvalue weighted by molar-refractivity contribution is -0.192. The fourth-order valence-corrected chi connectivity index (χ4v) is 6.93. The Hall–Kier alpha value is -3.19. The lowest BCUT2D eigenvalue weighted by Gasteiger charge is -2.35. The number of piperidine rings is 2.